The largest absolute Gasteiger partial charge is 0.497 e. The number of benzene rings is 2. The van der Waals surface area contributed by atoms with Crippen molar-refractivity contribution in [3.05, 3.63) is 53.1 Å². The van der Waals surface area contributed by atoms with Gasteiger partial charge in [0.2, 0.25) is 0 Å². The molecule has 1 aromatic heterocycles. The van der Waals surface area contributed by atoms with E-state index in [1.54, 1.807) is 13.3 Å². The monoisotopic (exact) mass is 414 g/mol. The Hall–Kier alpha value is -2.31. The molecule has 1 fully saturated rings. The summed E-state index contributed by atoms with van der Waals surface area (Å²) in [6, 6.07) is 13.8. The van der Waals surface area contributed by atoms with Crippen LogP contribution >= 0.6 is 15.9 Å². The molecular formula is C20H19BrN2O3. The highest BCUT2D eigenvalue weighted by atomic mass is 79.9. The Bertz CT molecular complexity index is 926. The third kappa shape index (κ3) is 3.76. The number of hydrogen-bond donors (Lipinski definition) is 1. The number of hydrogen-bond acceptors (Lipinski definition) is 5. The minimum atomic E-state index is 0.0904. The van der Waals surface area contributed by atoms with Crippen LogP contribution in [0.1, 0.15) is 6.42 Å². The molecule has 2 heterocycles. The Balaban J connectivity index is 1.66. The molecule has 0 radical (unpaired) electrons. The molecule has 1 saturated heterocycles. The van der Waals surface area contributed by atoms with Gasteiger partial charge >= 0.3 is 0 Å². The molecule has 0 spiro atoms. The normalized spacial score (nSPS) is 16.6. The smallest absolute Gasteiger partial charge is 0.125 e. The van der Waals surface area contributed by atoms with Crippen LogP contribution < -0.4 is 14.8 Å². The molecule has 0 saturated carbocycles. The van der Waals surface area contributed by atoms with Crippen LogP contribution in [0.4, 0.5) is 11.4 Å². The summed E-state index contributed by atoms with van der Waals surface area (Å²) in [6.45, 7) is 1.38. The predicted octanol–water partition coefficient (Wildman–Crippen LogP) is 4.92. The van der Waals surface area contributed by atoms with Crippen LogP contribution in [0.25, 0.3) is 10.9 Å². The lowest BCUT2D eigenvalue weighted by atomic mass is 10.1. The molecule has 4 rings (SSSR count). The Kier molecular flexibility index (Phi) is 4.95. The van der Waals surface area contributed by atoms with Gasteiger partial charge in [0.25, 0.3) is 0 Å². The molecule has 134 valence electrons. The fourth-order valence-electron chi connectivity index (χ4n) is 3.01. The zero-order valence-electron chi connectivity index (χ0n) is 14.4. The topological polar surface area (TPSA) is 52.6 Å². The average Bonchev–Trinajstić information content (AvgIpc) is 3.15. The summed E-state index contributed by atoms with van der Waals surface area (Å²) in [5, 5.41) is 4.50. The second-order valence-corrected chi connectivity index (χ2v) is 7.06. The van der Waals surface area contributed by atoms with E-state index in [1.807, 2.05) is 36.4 Å². The highest BCUT2D eigenvalue weighted by Gasteiger charge is 2.18. The number of nitrogens with zero attached hydrogens (tertiary/aromatic N) is 1. The van der Waals surface area contributed by atoms with Gasteiger partial charge in [0.1, 0.15) is 17.6 Å². The van der Waals surface area contributed by atoms with Gasteiger partial charge in [-0.05, 0) is 24.3 Å². The van der Waals surface area contributed by atoms with Gasteiger partial charge in [-0.25, -0.2) is 0 Å². The van der Waals surface area contributed by atoms with E-state index >= 15 is 0 Å². The number of pyridine rings is 1. The summed E-state index contributed by atoms with van der Waals surface area (Å²) >= 11 is 3.53. The van der Waals surface area contributed by atoms with Crippen LogP contribution in [0.2, 0.25) is 0 Å². The van der Waals surface area contributed by atoms with Crippen molar-refractivity contribution in [2.75, 3.05) is 25.6 Å². The van der Waals surface area contributed by atoms with E-state index in [2.05, 4.69) is 32.3 Å². The number of methoxy groups -OCH3 is 1. The lowest BCUT2D eigenvalue weighted by Crippen LogP contribution is -2.15. The van der Waals surface area contributed by atoms with Gasteiger partial charge in [-0.3, -0.25) is 4.98 Å². The van der Waals surface area contributed by atoms with Gasteiger partial charge in [0.15, 0.2) is 0 Å². The molecule has 1 aliphatic heterocycles. The zero-order chi connectivity index (χ0) is 17.9. The maximum Gasteiger partial charge on any atom is 0.125 e. The molecule has 5 nitrogen and oxygen atoms in total. The SMILES string of the molecule is COc1cc(Nc2ccnc3ccc(Br)cc23)cc(OC2CCOC2)c1. The Labute approximate surface area is 160 Å². The average molecular weight is 415 g/mol. The molecule has 0 aliphatic carbocycles. The summed E-state index contributed by atoms with van der Waals surface area (Å²) in [7, 11) is 1.65. The first-order chi connectivity index (χ1) is 12.7. The summed E-state index contributed by atoms with van der Waals surface area (Å²) < 4.78 is 17.9. The number of aromatic nitrogens is 1. The summed E-state index contributed by atoms with van der Waals surface area (Å²) in [4.78, 5) is 4.42. The van der Waals surface area contributed by atoms with Crippen LogP contribution in [0, 0.1) is 0 Å². The summed E-state index contributed by atoms with van der Waals surface area (Å²) in [5.41, 5.74) is 2.80. The molecular weight excluding hydrogens is 396 g/mol. The van der Waals surface area contributed by atoms with Gasteiger partial charge < -0.3 is 19.5 Å². The molecule has 1 unspecified atom stereocenters. The standard InChI is InChI=1S/C20H19BrN2O3/c1-24-16-9-14(10-17(11-16)26-15-5-7-25-12-15)23-20-4-6-22-19-3-2-13(21)8-18(19)20/h2-4,6,8-11,15H,5,7,12H2,1H3,(H,22,23). The molecule has 1 aliphatic rings. The van der Waals surface area contributed by atoms with E-state index in [4.69, 9.17) is 14.2 Å². The van der Waals surface area contributed by atoms with Crippen molar-refractivity contribution in [1.82, 2.24) is 4.98 Å². The maximum atomic E-state index is 6.04. The van der Waals surface area contributed by atoms with E-state index in [1.165, 1.54) is 0 Å². The Morgan fingerprint density at radius 2 is 2.04 bits per heavy atom. The van der Waals surface area contributed by atoms with Crippen LogP contribution in [0.15, 0.2) is 53.1 Å². The highest BCUT2D eigenvalue weighted by molar-refractivity contribution is 9.10. The molecule has 6 heteroatoms. The second kappa shape index (κ2) is 7.51. The van der Waals surface area contributed by atoms with Crippen molar-refractivity contribution in [2.24, 2.45) is 0 Å². The molecule has 1 atom stereocenters. The van der Waals surface area contributed by atoms with Crippen LogP contribution in [0.3, 0.4) is 0 Å². The van der Waals surface area contributed by atoms with Crippen LogP contribution in [-0.2, 0) is 4.74 Å². The Morgan fingerprint density at radius 1 is 1.15 bits per heavy atom. The van der Waals surface area contributed by atoms with E-state index in [9.17, 15) is 0 Å². The first-order valence-electron chi connectivity index (χ1n) is 8.46. The molecule has 26 heavy (non-hydrogen) atoms. The minimum absolute atomic E-state index is 0.0904. The molecule has 0 bridgehead atoms. The van der Waals surface area contributed by atoms with Crippen molar-refractivity contribution < 1.29 is 14.2 Å². The van der Waals surface area contributed by atoms with Crippen molar-refractivity contribution in [3.8, 4) is 11.5 Å². The second-order valence-electron chi connectivity index (χ2n) is 6.15. The van der Waals surface area contributed by atoms with Crippen molar-refractivity contribution >= 4 is 38.2 Å². The first kappa shape index (κ1) is 17.1. The van der Waals surface area contributed by atoms with Crippen LogP contribution in [-0.4, -0.2) is 31.4 Å². The van der Waals surface area contributed by atoms with Crippen molar-refractivity contribution in [2.45, 2.75) is 12.5 Å². The van der Waals surface area contributed by atoms with Crippen LogP contribution in [0.5, 0.6) is 11.5 Å². The quantitative estimate of drug-likeness (QED) is 0.641. The minimum Gasteiger partial charge on any atom is -0.497 e. The highest BCUT2D eigenvalue weighted by Crippen LogP contribution is 2.32. The zero-order valence-corrected chi connectivity index (χ0v) is 16.0. The van der Waals surface area contributed by atoms with Gasteiger partial charge in [-0.2, -0.15) is 0 Å². The number of anilines is 2. The van der Waals surface area contributed by atoms with Gasteiger partial charge in [0.05, 0.1) is 25.8 Å². The van der Waals surface area contributed by atoms with Crippen molar-refractivity contribution in [3.63, 3.8) is 0 Å². The van der Waals surface area contributed by atoms with E-state index in [0.717, 1.165) is 51.3 Å². The molecule has 0 amide bonds. The number of rotatable bonds is 5. The predicted molar refractivity (Wildman–Crippen MR) is 106 cm³/mol. The van der Waals surface area contributed by atoms with E-state index < -0.39 is 0 Å². The van der Waals surface area contributed by atoms with E-state index in [0.29, 0.717) is 6.61 Å². The third-order valence-electron chi connectivity index (χ3n) is 4.29. The van der Waals surface area contributed by atoms with E-state index in [-0.39, 0.29) is 6.10 Å². The fraction of sp³-hybridized carbons (Fsp3) is 0.250. The number of ether oxygens (including phenoxy) is 3. The Morgan fingerprint density at radius 3 is 2.85 bits per heavy atom. The lowest BCUT2D eigenvalue weighted by molar-refractivity contribution is 0.141. The van der Waals surface area contributed by atoms with Gasteiger partial charge in [-0.15, -0.1) is 0 Å². The first-order valence-corrected chi connectivity index (χ1v) is 9.25. The third-order valence-corrected chi connectivity index (χ3v) is 4.78. The summed E-state index contributed by atoms with van der Waals surface area (Å²) in [6.07, 6.45) is 2.79. The molecule has 2 aromatic carbocycles. The number of fused-ring (bicyclic) bond motifs is 1. The van der Waals surface area contributed by atoms with Gasteiger partial charge in [0, 0.05) is 52.1 Å². The molecule has 1 N–H and O–H groups in total. The lowest BCUT2D eigenvalue weighted by Gasteiger charge is -2.16. The number of halogens is 1. The fourth-order valence-corrected chi connectivity index (χ4v) is 3.37. The van der Waals surface area contributed by atoms with Gasteiger partial charge in [-0.1, -0.05) is 15.9 Å². The number of nitrogens with one attached hydrogen (secondary N) is 1. The molecule has 3 aromatic rings. The maximum absolute atomic E-state index is 6.04. The van der Waals surface area contributed by atoms with Crippen molar-refractivity contribution in [1.29, 1.82) is 0 Å². The summed E-state index contributed by atoms with van der Waals surface area (Å²) in [5.74, 6) is 1.50.